The van der Waals surface area contributed by atoms with Crippen molar-refractivity contribution in [2.45, 2.75) is 57.9 Å². The smallest absolute Gasteiger partial charge is 0.417 e. The summed E-state index contributed by atoms with van der Waals surface area (Å²) >= 11 is 0. The first-order chi connectivity index (χ1) is 8.84. The van der Waals surface area contributed by atoms with Crippen molar-refractivity contribution in [3.05, 3.63) is 0 Å². The van der Waals surface area contributed by atoms with E-state index in [9.17, 15) is 23.1 Å². The molecule has 0 aliphatic carbocycles. The van der Waals surface area contributed by atoms with Gasteiger partial charge < -0.3 is 14.7 Å². The summed E-state index contributed by atoms with van der Waals surface area (Å²) in [6.07, 6.45) is -4.71. The van der Waals surface area contributed by atoms with Crippen LogP contribution >= 0.6 is 0 Å². The van der Waals surface area contributed by atoms with Crippen LogP contribution in [0.25, 0.3) is 0 Å². The average molecular weight is 297 g/mol. The van der Waals surface area contributed by atoms with Crippen LogP contribution in [0.4, 0.5) is 18.0 Å². The molecule has 0 radical (unpaired) electrons. The van der Waals surface area contributed by atoms with Crippen LogP contribution in [0.5, 0.6) is 0 Å². The third-order valence-electron chi connectivity index (χ3n) is 3.44. The summed E-state index contributed by atoms with van der Waals surface area (Å²) in [4.78, 5) is 13.1. The molecule has 0 spiro atoms. The van der Waals surface area contributed by atoms with Crippen molar-refractivity contribution in [3.8, 4) is 0 Å². The quantitative estimate of drug-likeness (QED) is 0.809. The van der Waals surface area contributed by atoms with Gasteiger partial charge in [-0.05, 0) is 40.5 Å². The number of alkyl halides is 3. The fourth-order valence-corrected chi connectivity index (χ4v) is 2.16. The monoisotopic (exact) mass is 297 g/mol. The Labute approximate surface area is 116 Å². The van der Waals surface area contributed by atoms with E-state index >= 15 is 0 Å². The molecular formula is C13H22F3NO3. The molecule has 1 heterocycles. The predicted molar refractivity (Wildman–Crippen MR) is 67.2 cm³/mol. The highest BCUT2D eigenvalue weighted by Gasteiger charge is 2.55. The molecule has 1 rings (SSSR count). The van der Waals surface area contributed by atoms with Crippen LogP contribution in [-0.2, 0) is 4.74 Å². The molecular weight excluding hydrogens is 275 g/mol. The first-order valence-corrected chi connectivity index (χ1v) is 6.61. The van der Waals surface area contributed by atoms with Crippen molar-refractivity contribution < 1.29 is 27.8 Å². The van der Waals surface area contributed by atoms with Gasteiger partial charge >= 0.3 is 12.3 Å². The Kier molecular flexibility index (Phi) is 4.63. The van der Waals surface area contributed by atoms with Crippen LogP contribution in [0.1, 0.15) is 40.5 Å². The second-order valence-corrected chi connectivity index (χ2v) is 6.41. The molecule has 1 aliphatic heterocycles. The van der Waals surface area contributed by atoms with Gasteiger partial charge in [0.05, 0.1) is 0 Å². The van der Waals surface area contributed by atoms with Gasteiger partial charge in [-0.15, -0.1) is 0 Å². The highest BCUT2D eigenvalue weighted by molar-refractivity contribution is 5.68. The number of nitrogens with zero attached hydrogens (tertiary/aromatic N) is 1. The number of hydrogen-bond acceptors (Lipinski definition) is 3. The Morgan fingerprint density at radius 1 is 1.25 bits per heavy atom. The molecule has 0 bridgehead atoms. The standard InChI is InChI=1S/C13H22F3NO3/c1-11(2,3)20-10(18)17-7-5-6-9(8-17)12(4,19)13(14,15)16/h9,19H,5-8H2,1-4H3/t9-,12-/m1/s1. The van der Waals surface area contributed by atoms with Gasteiger partial charge in [0.15, 0.2) is 5.60 Å². The maximum Gasteiger partial charge on any atom is 0.417 e. The van der Waals surface area contributed by atoms with Crippen molar-refractivity contribution in [1.29, 1.82) is 0 Å². The van der Waals surface area contributed by atoms with Gasteiger partial charge in [-0.3, -0.25) is 0 Å². The van der Waals surface area contributed by atoms with Gasteiger partial charge in [-0.1, -0.05) is 0 Å². The number of amides is 1. The lowest BCUT2D eigenvalue weighted by Crippen LogP contribution is -2.55. The van der Waals surface area contributed by atoms with E-state index in [4.69, 9.17) is 4.74 Å². The second kappa shape index (κ2) is 5.42. The lowest BCUT2D eigenvalue weighted by Gasteiger charge is -2.41. The van der Waals surface area contributed by atoms with E-state index in [1.165, 1.54) is 4.90 Å². The summed E-state index contributed by atoms with van der Waals surface area (Å²) in [5.74, 6) is -1.04. The molecule has 7 heteroatoms. The predicted octanol–water partition coefficient (Wildman–Crippen LogP) is 2.95. The third kappa shape index (κ3) is 4.01. The fraction of sp³-hybridized carbons (Fsp3) is 0.923. The summed E-state index contributed by atoms with van der Waals surface area (Å²) in [5, 5.41) is 9.70. The lowest BCUT2D eigenvalue weighted by atomic mass is 9.82. The first-order valence-electron chi connectivity index (χ1n) is 6.61. The highest BCUT2D eigenvalue weighted by Crippen LogP contribution is 2.39. The number of likely N-dealkylation sites (tertiary alicyclic amines) is 1. The summed E-state index contributed by atoms with van der Waals surface area (Å²) < 4.78 is 43.6. The topological polar surface area (TPSA) is 49.8 Å². The van der Waals surface area contributed by atoms with Crippen molar-refractivity contribution in [3.63, 3.8) is 0 Å². The molecule has 20 heavy (non-hydrogen) atoms. The Bertz CT molecular complexity index is 361. The molecule has 0 saturated carbocycles. The van der Waals surface area contributed by atoms with Gasteiger partial charge in [-0.25, -0.2) is 4.79 Å². The number of halogens is 3. The Balaban J connectivity index is 2.75. The molecule has 0 unspecified atom stereocenters. The Morgan fingerprint density at radius 3 is 2.25 bits per heavy atom. The van der Waals surface area contributed by atoms with Crippen LogP contribution in [0.3, 0.4) is 0 Å². The van der Waals surface area contributed by atoms with Crippen LogP contribution in [0, 0.1) is 5.92 Å². The summed E-state index contributed by atoms with van der Waals surface area (Å²) in [6, 6.07) is 0. The summed E-state index contributed by atoms with van der Waals surface area (Å²) in [5.41, 5.74) is -3.50. The van der Waals surface area contributed by atoms with E-state index in [1.54, 1.807) is 20.8 Å². The minimum Gasteiger partial charge on any atom is -0.444 e. The minimum atomic E-state index is -4.71. The van der Waals surface area contributed by atoms with Gasteiger partial charge in [0.1, 0.15) is 5.60 Å². The van der Waals surface area contributed by atoms with Gasteiger partial charge in [-0.2, -0.15) is 13.2 Å². The maximum atomic E-state index is 12.8. The number of carbonyl (C=O) groups is 1. The van der Waals surface area contributed by atoms with E-state index in [0.29, 0.717) is 13.0 Å². The molecule has 1 fully saturated rings. The highest BCUT2D eigenvalue weighted by atomic mass is 19.4. The van der Waals surface area contributed by atoms with Gasteiger partial charge in [0, 0.05) is 19.0 Å². The zero-order chi connectivity index (χ0) is 15.8. The number of aliphatic hydroxyl groups is 1. The number of carbonyl (C=O) groups excluding carboxylic acids is 1. The Hall–Kier alpha value is -0.980. The number of piperidine rings is 1. The first kappa shape index (κ1) is 17.1. The van der Waals surface area contributed by atoms with E-state index in [-0.39, 0.29) is 13.0 Å². The zero-order valence-corrected chi connectivity index (χ0v) is 12.3. The fourth-order valence-electron chi connectivity index (χ4n) is 2.16. The third-order valence-corrected chi connectivity index (χ3v) is 3.44. The number of rotatable bonds is 1. The van der Waals surface area contributed by atoms with Gasteiger partial charge in [0.2, 0.25) is 0 Å². The molecule has 1 aliphatic rings. The van der Waals surface area contributed by atoms with Crippen LogP contribution in [0.2, 0.25) is 0 Å². The molecule has 0 aromatic rings. The summed E-state index contributed by atoms with van der Waals surface area (Å²) in [7, 11) is 0. The molecule has 4 nitrogen and oxygen atoms in total. The van der Waals surface area contributed by atoms with Crippen LogP contribution in [-0.4, -0.2) is 46.6 Å². The van der Waals surface area contributed by atoms with Crippen molar-refractivity contribution in [1.82, 2.24) is 4.90 Å². The largest absolute Gasteiger partial charge is 0.444 e. The molecule has 118 valence electrons. The molecule has 0 aromatic heterocycles. The van der Waals surface area contributed by atoms with E-state index in [0.717, 1.165) is 6.92 Å². The molecule has 0 aromatic carbocycles. The van der Waals surface area contributed by atoms with Crippen LogP contribution < -0.4 is 0 Å². The average Bonchev–Trinajstić information content (AvgIpc) is 2.25. The molecule has 2 atom stereocenters. The SMILES string of the molecule is CC(C)(C)OC(=O)N1CCC[C@@H]([C@@](C)(O)C(F)(F)F)C1. The maximum absolute atomic E-state index is 12.8. The van der Waals surface area contributed by atoms with E-state index in [1.807, 2.05) is 0 Å². The van der Waals surface area contributed by atoms with Crippen molar-refractivity contribution >= 4 is 6.09 Å². The normalized spacial score (nSPS) is 24.2. The zero-order valence-electron chi connectivity index (χ0n) is 12.3. The summed E-state index contributed by atoms with van der Waals surface area (Å²) in [6.45, 7) is 6.03. The van der Waals surface area contributed by atoms with Crippen LogP contribution in [0.15, 0.2) is 0 Å². The van der Waals surface area contributed by atoms with Crippen molar-refractivity contribution in [2.24, 2.45) is 5.92 Å². The van der Waals surface area contributed by atoms with E-state index in [2.05, 4.69) is 0 Å². The second-order valence-electron chi connectivity index (χ2n) is 6.41. The number of ether oxygens (including phenoxy) is 1. The van der Waals surface area contributed by atoms with Gasteiger partial charge in [0.25, 0.3) is 0 Å². The lowest BCUT2D eigenvalue weighted by molar-refractivity contribution is -0.275. The molecule has 1 N–H and O–H groups in total. The molecule has 1 saturated heterocycles. The van der Waals surface area contributed by atoms with Crippen molar-refractivity contribution in [2.75, 3.05) is 13.1 Å². The number of hydrogen-bond donors (Lipinski definition) is 1. The molecule has 1 amide bonds. The minimum absolute atomic E-state index is 0.151. The van der Waals surface area contributed by atoms with E-state index < -0.39 is 29.4 Å². The Morgan fingerprint density at radius 2 is 1.80 bits per heavy atom.